The molecule has 1 N–H and O–H groups in total. The molecule has 2 aromatic carbocycles. The van der Waals surface area contributed by atoms with Crippen LogP contribution in [0.5, 0.6) is 17.2 Å². The molecule has 2 aromatic heterocycles. The second-order valence-electron chi connectivity index (χ2n) is 8.53. The number of nitrogens with one attached hydrogen (secondary N) is 1. The first-order chi connectivity index (χ1) is 17.7. The predicted molar refractivity (Wildman–Crippen MR) is 142 cm³/mol. The van der Waals surface area contributed by atoms with Gasteiger partial charge in [-0.15, -0.1) is 0 Å². The number of ether oxygens (including phenoxy) is 3. The van der Waals surface area contributed by atoms with E-state index in [0.29, 0.717) is 39.8 Å². The number of furan rings is 1. The highest BCUT2D eigenvalue weighted by Gasteiger charge is 2.22. The third-order valence-corrected chi connectivity index (χ3v) is 7.45. The van der Waals surface area contributed by atoms with Gasteiger partial charge in [-0.1, -0.05) is 23.7 Å². The van der Waals surface area contributed by atoms with Crippen molar-refractivity contribution in [2.75, 3.05) is 39.1 Å². The lowest BCUT2D eigenvalue weighted by atomic mass is 10.2. The fourth-order valence-electron chi connectivity index (χ4n) is 3.54. The third kappa shape index (κ3) is 6.27. The van der Waals surface area contributed by atoms with Crippen molar-refractivity contribution in [3.05, 3.63) is 70.9 Å². The molecular weight excluding hydrogens is 518 g/mol. The van der Waals surface area contributed by atoms with Gasteiger partial charge < -0.3 is 23.5 Å². The van der Waals surface area contributed by atoms with Crippen molar-refractivity contribution in [1.29, 1.82) is 0 Å². The van der Waals surface area contributed by atoms with E-state index in [1.165, 1.54) is 12.3 Å². The molecule has 0 saturated carbocycles. The number of halogens is 1. The molecule has 0 radical (unpaired) electrons. The summed E-state index contributed by atoms with van der Waals surface area (Å²) in [6.45, 7) is 2.99. The molecule has 0 aliphatic heterocycles. The smallest absolute Gasteiger partial charge is 0.263 e. The average molecular weight is 546 g/mol. The zero-order chi connectivity index (χ0) is 26.6. The largest absolute Gasteiger partial charge is 0.493 e. The Kier molecular flexibility index (Phi) is 8.11. The van der Waals surface area contributed by atoms with E-state index < -0.39 is 10.0 Å². The summed E-state index contributed by atoms with van der Waals surface area (Å²) < 4.78 is 51.7. The molecule has 0 amide bonds. The number of methoxy groups -OCH3 is 1. The number of nitrogens with zero attached hydrogens (tertiary/aromatic N) is 2. The van der Waals surface area contributed by atoms with Crippen molar-refractivity contribution < 1.29 is 27.0 Å². The quantitative estimate of drug-likeness (QED) is 0.277. The normalized spacial score (nSPS) is 11.6. The SMILES string of the molecule is COc1ccc(COc2cc3occc3nc2NS(=O)(=O)c2cccc(Cl)c2C)cc1OCCN(C)C. The average Bonchev–Trinajstić information content (AvgIpc) is 3.31. The summed E-state index contributed by atoms with van der Waals surface area (Å²) in [5, 5.41) is 0.348. The maximum atomic E-state index is 13.2. The lowest BCUT2D eigenvalue weighted by Gasteiger charge is -2.16. The van der Waals surface area contributed by atoms with Crippen LogP contribution >= 0.6 is 11.6 Å². The molecule has 0 fully saturated rings. The van der Waals surface area contributed by atoms with Crippen LogP contribution in [0.15, 0.2) is 64.1 Å². The number of pyridine rings is 1. The minimum Gasteiger partial charge on any atom is -0.493 e. The third-order valence-electron chi connectivity index (χ3n) is 5.56. The number of likely N-dealkylation sites (N-methyl/N-ethyl adjacent to an activating group) is 1. The summed E-state index contributed by atoms with van der Waals surface area (Å²) in [5.74, 6) is 1.43. The van der Waals surface area contributed by atoms with Gasteiger partial charge in [0.05, 0.1) is 18.3 Å². The maximum absolute atomic E-state index is 13.2. The molecule has 11 heteroatoms. The summed E-state index contributed by atoms with van der Waals surface area (Å²) >= 11 is 6.15. The number of fused-ring (bicyclic) bond motifs is 1. The van der Waals surface area contributed by atoms with Crippen LogP contribution in [0.3, 0.4) is 0 Å². The molecule has 0 spiro atoms. The van der Waals surface area contributed by atoms with E-state index in [0.717, 1.165) is 12.1 Å². The van der Waals surface area contributed by atoms with Crippen LogP contribution in [0.1, 0.15) is 11.1 Å². The molecule has 4 aromatic rings. The van der Waals surface area contributed by atoms with Crippen molar-refractivity contribution in [3.63, 3.8) is 0 Å². The second kappa shape index (κ2) is 11.3. The highest BCUT2D eigenvalue weighted by Crippen LogP contribution is 2.33. The van der Waals surface area contributed by atoms with Gasteiger partial charge in [-0.25, -0.2) is 13.4 Å². The standard InChI is InChI=1S/C26H28ClN3O6S/c1-17-19(27)6-5-7-25(17)37(31,32)29-26-24(15-22-20(28-26)10-12-34-22)36-16-18-8-9-21(33-4)23(14-18)35-13-11-30(2)3/h5-10,12,14-15H,11,13,16H2,1-4H3,(H,28,29). The Hall–Kier alpha value is -3.47. The van der Waals surface area contributed by atoms with E-state index >= 15 is 0 Å². The molecule has 196 valence electrons. The number of benzene rings is 2. The van der Waals surface area contributed by atoms with Gasteiger partial charge in [0, 0.05) is 23.7 Å². The second-order valence-corrected chi connectivity index (χ2v) is 10.6. The zero-order valence-electron chi connectivity index (χ0n) is 20.9. The summed E-state index contributed by atoms with van der Waals surface area (Å²) in [6.07, 6.45) is 1.47. The Morgan fingerprint density at radius 1 is 1.05 bits per heavy atom. The predicted octanol–water partition coefficient (Wildman–Crippen LogP) is 5.12. The minimum atomic E-state index is -4.00. The van der Waals surface area contributed by atoms with E-state index in [-0.39, 0.29) is 23.1 Å². The van der Waals surface area contributed by atoms with E-state index in [1.54, 1.807) is 44.4 Å². The molecule has 0 bridgehead atoms. The molecule has 0 atom stereocenters. The molecule has 0 aliphatic carbocycles. The van der Waals surface area contributed by atoms with Crippen LogP contribution in [-0.2, 0) is 16.6 Å². The van der Waals surface area contributed by atoms with Gasteiger partial charge in [0.2, 0.25) is 0 Å². The van der Waals surface area contributed by atoms with E-state index in [4.69, 9.17) is 30.2 Å². The van der Waals surface area contributed by atoms with Crippen molar-refractivity contribution in [2.45, 2.75) is 18.4 Å². The van der Waals surface area contributed by atoms with Crippen LogP contribution in [0.2, 0.25) is 5.02 Å². The highest BCUT2D eigenvalue weighted by molar-refractivity contribution is 7.92. The summed E-state index contributed by atoms with van der Waals surface area (Å²) in [7, 11) is 1.51. The molecule has 0 saturated heterocycles. The Labute approximate surface area is 221 Å². The van der Waals surface area contributed by atoms with Gasteiger partial charge in [-0.3, -0.25) is 4.72 Å². The van der Waals surface area contributed by atoms with Crippen molar-refractivity contribution in [1.82, 2.24) is 9.88 Å². The molecule has 4 rings (SSSR count). The fraction of sp³-hybridized carbons (Fsp3) is 0.269. The summed E-state index contributed by atoms with van der Waals surface area (Å²) in [6, 6.07) is 13.4. The van der Waals surface area contributed by atoms with Crippen LogP contribution in [0, 0.1) is 6.92 Å². The van der Waals surface area contributed by atoms with Gasteiger partial charge in [-0.2, -0.15) is 0 Å². The fourth-order valence-corrected chi connectivity index (χ4v) is 5.06. The number of hydrogen-bond acceptors (Lipinski definition) is 8. The number of anilines is 1. The van der Waals surface area contributed by atoms with Gasteiger partial charge in [0.25, 0.3) is 10.0 Å². The molecule has 37 heavy (non-hydrogen) atoms. The minimum absolute atomic E-state index is 0.0317. The molecule has 0 unspecified atom stereocenters. The Bertz CT molecular complexity index is 1500. The Morgan fingerprint density at radius 2 is 1.86 bits per heavy atom. The van der Waals surface area contributed by atoms with Gasteiger partial charge in [-0.05, 0) is 56.4 Å². The first kappa shape index (κ1) is 26.6. The van der Waals surface area contributed by atoms with E-state index in [1.807, 2.05) is 31.1 Å². The van der Waals surface area contributed by atoms with Crippen LogP contribution in [0.25, 0.3) is 11.1 Å². The maximum Gasteiger partial charge on any atom is 0.263 e. The lowest BCUT2D eigenvalue weighted by molar-refractivity contribution is 0.249. The number of aromatic nitrogens is 1. The summed E-state index contributed by atoms with van der Waals surface area (Å²) in [5.41, 5.74) is 2.16. The molecule has 0 aliphatic rings. The monoisotopic (exact) mass is 545 g/mol. The number of rotatable bonds is 11. The molecule has 2 heterocycles. The molecule has 9 nitrogen and oxygen atoms in total. The van der Waals surface area contributed by atoms with Gasteiger partial charge in [0.15, 0.2) is 28.6 Å². The van der Waals surface area contributed by atoms with Crippen molar-refractivity contribution in [2.24, 2.45) is 0 Å². The van der Waals surface area contributed by atoms with Gasteiger partial charge >= 0.3 is 0 Å². The summed E-state index contributed by atoms with van der Waals surface area (Å²) in [4.78, 5) is 6.49. The van der Waals surface area contributed by atoms with Crippen LogP contribution in [0.4, 0.5) is 5.82 Å². The zero-order valence-corrected chi connectivity index (χ0v) is 22.5. The van der Waals surface area contributed by atoms with Crippen LogP contribution < -0.4 is 18.9 Å². The molecular formula is C26H28ClN3O6S. The Morgan fingerprint density at radius 3 is 2.62 bits per heavy atom. The van der Waals surface area contributed by atoms with E-state index in [9.17, 15) is 8.42 Å². The lowest BCUT2D eigenvalue weighted by Crippen LogP contribution is -2.19. The van der Waals surface area contributed by atoms with E-state index in [2.05, 4.69) is 9.71 Å². The van der Waals surface area contributed by atoms with Crippen LogP contribution in [-0.4, -0.2) is 52.7 Å². The number of sulfonamides is 1. The first-order valence-electron chi connectivity index (χ1n) is 11.4. The highest BCUT2D eigenvalue weighted by atomic mass is 35.5. The topological polar surface area (TPSA) is 103 Å². The Balaban J connectivity index is 1.60. The number of hydrogen-bond donors (Lipinski definition) is 1. The first-order valence-corrected chi connectivity index (χ1v) is 13.3. The van der Waals surface area contributed by atoms with Crippen molar-refractivity contribution >= 4 is 38.5 Å². The van der Waals surface area contributed by atoms with Gasteiger partial charge in [0.1, 0.15) is 18.7 Å². The van der Waals surface area contributed by atoms with Crippen molar-refractivity contribution in [3.8, 4) is 17.2 Å².